The van der Waals surface area contributed by atoms with Gasteiger partial charge < -0.3 is 5.73 Å². The minimum atomic E-state index is -0.448. The van der Waals surface area contributed by atoms with E-state index in [4.69, 9.17) is 5.73 Å². The molecule has 7 heteroatoms. The van der Waals surface area contributed by atoms with Crippen LogP contribution in [0.25, 0.3) is 11.3 Å². The molecule has 0 saturated carbocycles. The van der Waals surface area contributed by atoms with Gasteiger partial charge in [0.15, 0.2) is 0 Å². The van der Waals surface area contributed by atoms with Crippen molar-refractivity contribution in [2.75, 3.05) is 5.73 Å². The van der Waals surface area contributed by atoms with Gasteiger partial charge in [0, 0.05) is 25.9 Å². The van der Waals surface area contributed by atoms with Gasteiger partial charge in [-0.05, 0) is 12.5 Å². The number of rotatable bonds is 3. The van der Waals surface area contributed by atoms with Crippen LogP contribution in [0.2, 0.25) is 0 Å². The molecule has 0 radical (unpaired) electrons. The van der Waals surface area contributed by atoms with Crippen LogP contribution in [0.4, 0.5) is 5.82 Å². The minimum absolute atomic E-state index is 0.135. The predicted octanol–water partition coefficient (Wildman–Crippen LogP) is 1.69. The molecule has 0 fully saturated rings. The van der Waals surface area contributed by atoms with Crippen molar-refractivity contribution >= 4 is 17.2 Å². The molecule has 0 saturated heterocycles. The van der Waals surface area contributed by atoms with E-state index in [0.717, 1.165) is 15.1 Å². The maximum Gasteiger partial charge on any atom is 0.332 e. The number of benzene rings is 1. The highest BCUT2D eigenvalue weighted by Gasteiger charge is 2.17. The van der Waals surface area contributed by atoms with Gasteiger partial charge in [-0.2, -0.15) is 0 Å². The maximum atomic E-state index is 12.4. The smallest absolute Gasteiger partial charge is 0.332 e. The van der Waals surface area contributed by atoms with E-state index in [1.807, 2.05) is 30.5 Å². The maximum absolute atomic E-state index is 12.4. The molecule has 0 unspecified atom stereocenters. The summed E-state index contributed by atoms with van der Waals surface area (Å²) in [6, 6.07) is 8.22. The van der Waals surface area contributed by atoms with Crippen LogP contribution < -0.4 is 17.0 Å². The molecule has 0 aliphatic heterocycles. The van der Waals surface area contributed by atoms with Crippen LogP contribution >= 0.6 is 11.3 Å². The van der Waals surface area contributed by atoms with E-state index in [9.17, 15) is 9.59 Å². The number of nitrogen functional groups attached to an aromatic ring is 1. The van der Waals surface area contributed by atoms with Gasteiger partial charge >= 0.3 is 5.69 Å². The van der Waals surface area contributed by atoms with Crippen LogP contribution in [0.5, 0.6) is 0 Å². The lowest BCUT2D eigenvalue weighted by Gasteiger charge is -2.09. The highest BCUT2D eigenvalue weighted by molar-refractivity contribution is 7.10. The molecule has 1 aromatic carbocycles. The zero-order valence-electron chi connectivity index (χ0n) is 13.7. The van der Waals surface area contributed by atoms with Gasteiger partial charge in [-0.25, -0.2) is 9.78 Å². The van der Waals surface area contributed by atoms with Crippen molar-refractivity contribution in [3.63, 3.8) is 0 Å². The summed E-state index contributed by atoms with van der Waals surface area (Å²) in [5, 5.41) is 2.70. The highest BCUT2D eigenvalue weighted by Crippen LogP contribution is 2.24. The molecule has 3 rings (SSSR count). The Morgan fingerprint density at radius 1 is 1.21 bits per heavy atom. The molecule has 0 spiro atoms. The summed E-state index contributed by atoms with van der Waals surface area (Å²) < 4.78 is 2.31. The Hall–Kier alpha value is -2.67. The Morgan fingerprint density at radius 2 is 1.96 bits per heavy atom. The fourth-order valence-corrected chi connectivity index (χ4v) is 3.42. The SMILES string of the molecule is Cc1cccc(Cc2nc(-c3c(N)n(C)c(=O)n(C)c3=O)cs2)c1. The second-order valence-corrected chi connectivity index (χ2v) is 6.70. The van der Waals surface area contributed by atoms with Gasteiger partial charge in [-0.1, -0.05) is 29.8 Å². The molecule has 24 heavy (non-hydrogen) atoms. The molecular formula is C17H18N4O2S. The van der Waals surface area contributed by atoms with Crippen LogP contribution in [0.3, 0.4) is 0 Å². The van der Waals surface area contributed by atoms with Gasteiger partial charge in [-0.15, -0.1) is 11.3 Å². The van der Waals surface area contributed by atoms with Gasteiger partial charge in [0.05, 0.1) is 10.7 Å². The Morgan fingerprint density at radius 3 is 2.67 bits per heavy atom. The second kappa shape index (κ2) is 6.09. The number of thiazole rings is 1. The number of hydrogen-bond acceptors (Lipinski definition) is 5. The molecule has 0 amide bonds. The average Bonchev–Trinajstić information content (AvgIpc) is 2.99. The van der Waals surface area contributed by atoms with E-state index in [1.54, 1.807) is 7.05 Å². The number of aryl methyl sites for hydroxylation is 1. The topological polar surface area (TPSA) is 82.9 Å². The first-order chi connectivity index (χ1) is 11.4. The summed E-state index contributed by atoms with van der Waals surface area (Å²) in [4.78, 5) is 28.9. The van der Waals surface area contributed by atoms with Crippen molar-refractivity contribution in [2.45, 2.75) is 13.3 Å². The lowest BCUT2D eigenvalue weighted by Crippen LogP contribution is -2.39. The van der Waals surface area contributed by atoms with Gasteiger partial charge in [0.25, 0.3) is 5.56 Å². The lowest BCUT2D eigenvalue weighted by molar-refractivity contribution is 0.696. The quantitative estimate of drug-likeness (QED) is 0.785. The number of anilines is 1. The van der Waals surface area contributed by atoms with Crippen molar-refractivity contribution < 1.29 is 0 Å². The molecule has 0 aliphatic rings. The van der Waals surface area contributed by atoms with Crippen molar-refractivity contribution in [2.24, 2.45) is 14.1 Å². The Labute approximate surface area is 142 Å². The van der Waals surface area contributed by atoms with E-state index in [-0.39, 0.29) is 11.4 Å². The molecule has 0 atom stereocenters. The third-order valence-electron chi connectivity index (χ3n) is 3.96. The van der Waals surface area contributed by atoms with E-state index in [1.165, 1.54) is 28.5 Å². The van der Waals surface area contributed by atoms with Gasteiger partial charge in [0.2, 0.25) is 0 Å². The molecule has 2 N–H and O–H groups in total. The van der Waals surface area contributed by atoms with Crippen molar-refractivity contribution in [3.05, 3.63) is 66.6 Å². The van der Waals surface area contributed by atoms with Crippen LogP contribution in [0.1, 0.15) is 16.1 Å². The zero-order valence-corrected chi connectivity index (χ0v) is 14.6. The van der Waals surface area contributed by atoms with E-state index < -0.39 is 11.2 Å². The number of aromatic nitrogens is 3. The first-order valence-corrected chi connectivity index (χ1v) is 8.32. The van der Waals surface area contributed by atoms with Crippen LogP contribution in [-0.4, -0.2) is 14.1 Å². The fourth-order valence-electron chi connectivity index (χ4n) is 2.60. The number of nitrogens with zero attached hydrogens (tertiary/aromatic N) is 3. The molecular weight excluding hydrogens is 324 g/mol. The summed E-state index contributed by atoms with van der Waals surface area (Å²) in [7, 11) is 2.98. The molecule has 6 nitrogen and oxygen atoms in total. The fraction of sp³-hybridized carbons (Fsp3) is 0.235. The summed E-state index contributed by atoms with van der Waals surface area (Å²) >= 11 is 1.48. The number of hydrogen-bond donors (Lipinski definition) is 1. The predicted molar refractivity (Wildman–Crippen MR) is 96.4 cm³/mol. The summed E-state index contributed by atoms with van der Waals surface area (Å²) in [5.41, 5.74) is 8.24. The van der Waals surface area contributed by atoms with E-state index >= 15 is 0 Å². The first-order valence-electron chi connectivity index (χ1n) is 7.44. The highest BCUT2D eigenvalue weighted by atomic mass is 32.1. The Balaban J connectivity index is 2.03. The molecule has 124 valence electrons. The third-order valence-corrected chi connectivity index (χ3v) is 4.80. The molecule has 2 aromatic heterocycles. The largest absolute Gasteiger partial charge is 0.384 e. The van der Waals surface area contributed by atoms with Gasteiger partial charge in [0.1, 0.15) is 11.4 Å². The minimum Gasteiger partial charge on any atom is -0.384 e. The van der Waals surface area contributed by atoms with Crippen LogP contribution in [0, 0.1) is 6.92 Å². The molecule has 3 aromatic rings. The summed E-state index contributed by atoms with van der Waals surface area (Å²) in [6.45, 7) is 2.05. The zero-order chi connectivity index (χ0) is 17.4. The normalized spacial score (nSPS) is 11.0. The molecule has 2 heterocycles. The first kappa shape index (κ1) is 16.2. The van der Waals surface area contributed by atoms with E-state index in [2.05, 4.69) is 11.1 Å². The number of nitrogens with two attached hydrogens (primary N) is 1. The Kier molecular flexibility index (Phi) is 4.11. The van der Waals surface area contributed by atoms with E-state index in [0.29, 0.717) is 12.1 Å². The summed E-state index contributed by atoms with van der Waals surface area (Å²) in [5.74, 6) is 0.135. The van der Waals surface area contributed by atoms with Crippen molar-refractivity contribution in [1.29, 1.82) is 0 Å². The monoisotopic (exact) mass is 342 g/mol. The third kappa shape index (κ3) is 2.78. The van der Waals surface area contributed by atoms with Crippen LogP contribution in [0.15, 0.2) is 39.2 Å². The lowest BCUT2D eigenvalue weighted by atomic mass is 10.1. The Bertz CT molecular complexity index is 1030. The second-order valence-electron chi connectivity index (χ2n) is 5.76. The van der Waals surface area contributed by atoms with Gasteiger partial charge in [-0.3, -0.25) is 13.9 Å². The molecule has 0 aliphatic carbocycles. The van der Waals surface area contributed by atoms with Crippen molar-refractivity contribution in [1.82, 2.24) is 14.1 Å². The standard InChI is InChI=1S/C17H18N4O2S/c1-10-5-4-6-11(7-10)8-13-19-12(9-24-13)14-15(18)20(2)17(23)21(3)16(14)22/h4-7,9H,8,18H2,1-3H3. The summed E-state index contributed by atoms with van der Waals surface area (Å²) in [6.07, 6.45) is 0.693. The van der Waals surface area contributed by atoms with Crippen molar-refractivity contribution in [3.8, 4) is 11.3 Å². The average molecular weight is 342 g/mol. The van der Waals surface area contributed by atoms with Crippen LogP contribution in [-0.2, 0) is 20.5 Å². The molecule has 0 bridgehead atoms.